The highest BCUT2D eigenvalue weighted by atomic mass is 35.5. The van der Waals surface area contributed by atoms with E-state index in [-0.39, 0.29) is 6.04 Å². The van der Waals surface area contributed by atoms with Gasteiger partial charge in [0.15, 0.2) is 18.5 Å². The second kappa shape index (κ2) is 7.46. The molecule has 0 aliphatic carbocycles. The van der Waals surface area contributed by atoms with Gasteiger partial charge in [-0.25, -0.2) is 4.57 Å². The van der Waals surface area contributed by atoms with Crippen LogP contribution < -0.4 is 15.0 Å². The third kappa shape index (κ3) is 3.13. The number of ether oxygens (including phenoxy) is 1. The van der Waals surface area contributed by atoms with Crippen LogP contribution in [0.5, 0.6) is 5.75 Å². The van der Waals surface area contributed by atoms with E-state index < -0.39 is 0 Å². The summed E-state index contributed by atoms with van der Waals surface area (Å²) in [6, 6.07) is 1.98. The highest BCUT2D eigenvalue weighted by molar-refractivity contribution is 6.31. The quantitative estimate of drug-likeness (QED) is 0.648. The number of aromatic nitrogens is 4. The van der Waals surface area contributed by atoms with Crippen molar-refractivity contribution in [3.05, 3.63) is 40.4 Å². The van der Waals surface area contributed by atoms with Gasteiger partial charge in [-0.2, -0.15) is 4.98 Å². The summed E-state index contributed by atoms with van der Waals surface area (Å²) in [6.07, 6.45) is 3.49. The average Bonchev–Trinajstić information content (AvgIpc) is 3.01. The predicted molar refractivity (Wildman–Crippen MR) is 115 cm³/mol. The molecule has 0 amide bonds. The topological polar surface area (TPSA) is 73.1 Å². The van der Waals surface area contributed by atoms with Crippen LogP contribution in [0.1, 0.15) is 42.5 Å². The maximum atomic E-state index is 6.69. The molecule has 1 atom stereocenters. The third-order valence-corrected chi connectivity index (χ3v) is 6.55. The van der Waals surface area contributed by atoms with Crippen molar-refractivity contribution in [1.82, 2.24) is 19.4 Å². The number of imidazole rings is 1. The maximum Gasteiger partial charge on any atom is 0.307 e. The molecule has 3 aromatic rings. The van der Waals surface area contributed by atoms with E-state index in [0.717, 1.165) is 52.7 Å². The molecule has 0 bridgehead atoms. The van der Waals surface area contributed by atoms with Crippen LogP contribution in [0.4, 0.5) is 5.82 Å². The smallest absolute Gasteiger partial charge is 0.307 e. The molecule has 1 saturated heterocycles. The number of nitrogen functional groups attached to an aromatic ring is 1. The van der Waals surface area contributed by atoms with E-state index in [1.54, 1.807) is 7.11 Å². The summed E-state index contributed by atoms with van der Waals surface area (Å²) >= 11 is 6.69. The maximum absolute atomic E-state index is 6.69. The number of hydrogen-bond acceptors (Lipinski definition) is 5. The van der Waals surface area contributed by atoms with Crippen molar-refractivity contribution < 1.29 is 9.30 Å². The fraction of sp³-hybridized carbons (Fsp3) is 0.476. The number of nitrogens with zero attached hydrogens (tertiary/aromatic N) is 5. The van der Waals surface area contributed by atoms with Crippen LogP contribution in [-0.4, -0.2) is 46.2 Å². The molecular formula is C21H28ClN6O+. The number of fused-ring (bicyclic) bond motifs is 1. The van der Waals surface area contributed by atoms with Crippen molar-refractivity contribution in [2.45, 2.75) is 32.7 Å². The Hall–Kier alpha value is -2.38. The Labute approximate surface area is 176 Å². The molecule has 0 spiro atoms. The minimum atomic E-state index is -0.0397. The molecule has 7 nitrogen and oxygen atoms in total. The summed E-state index contributed by atoms with van der Waals surface area (Å²) < 4.78 is 10.0. The zero-order valence-corrected chi connectivity index (χ0v) is 18.4. The molecule has 3 heterocycles. The second-order valence-electron chi connectivity index (χ2n) is 7.81. The summed E-state index contributed by atoms with van der Waals surface area (Å²) in [5, 5.41) is 0.771. The molecule has 0 radical (unpaired) electrons. The number of benzene rings is 1. The summed E-state index contributed by atoms with van der Waals surface area (Å²) in [6.45, 7) is 9.54. The van der Waals surface area contributed by atoms with Gasteiger partial charge in [0.1, 0.15) is 11.8 Å². The van der Waals surface area contributed by atoms with Crippen LogP contribution in [0, 0.1) is 6.92 Å². The van der Waals surface area contributed by atoms with Crippen molar-refractivity contribution >= 4 is 28.6 Å². The largest absolute Gasteiger partial charge is 0.496 e. The molecule has 2 aromatic heterocycles. The molecule has 1 fully saturated rings. The number of methoxy groups -OCH3 is 1. The monoisotopic (exact) mass is 415 g/mol. The van der Waals surface area contributed by atoms with E-state index in [1.165, 1.54) is 11.9 Å². The summed E-state index contributed by atoms with van der Waals surface area (Å²) in [5.74, 6) is 1.82. The van der Waals surface area contributed by atoms with Crippen LogP contribution in [0.15, 0.2) is 18.7 Å². The number of likely N-dealkylation sites (N-methyl/N-ethyl adjacent to an activating group) is 1. The molecule has 4 rings (SSSR count). The highest BCUT2D eigenvalue weighted by Gasteiger charge is 2.34. The van der Waals surface area contributed by atoms with Gasteiger partial charge in [-0.1, -0.05) is 23.5 Å². The molecule has 1 aliphatic heterocycles. The first kappa shape index (κ1) is 19.9. The first-order chi connectivity index (χ1) is 13.9. The van der Waals surface area contributed by atoms with E-state index >= 15 is 0 Å². The van der Waals surface area contributed by atoms with Gasteiger partial charge in [0.2, 0.25) is 5.52 Å². The molecule has 1 aliphatic rings. The van der Waals surface area contributed by atoms with E-state index in [0.29, 0.717) is 11.7 Å². The zero-order valence-electron chi connectivity index (χ0n) is 17.6. The third-order valence-electron chi connectivity index (χ3n) is 6.16. The lowest BCUT2D eigenvalue weighted by atomic mass is 9.85. The average molecular weight is 416 g/mol. The van der Waals surface area contributed by atoms with Crippen molar-refractivity contribution in [1.29, 1.82) is 0 Å². The number of rotatable bonds is 5. The number of nitrogens with two attached hydrogens (primary N) is 1. The number of hydrogen-bond donors (Lipinski definition) is 1. The Balaban J connectivity index is 1.85. The molecular weight excluding hydrogens is 388 g/mol. The Kier molecular flexibility index (Phi) is 5.12. The minimum absolute atomic E-state index is 0.0397. The van der Waals surface area contributed by atoms with Gasteiger partial charge in [0.05, 0.1) is 14.2 Å². The molecule has 2 N–H and O–H groups in total. The standard InChI is InChI=1S/C21H28ClN6O/c1-6-27-8-14(9-27)17-12(2)16(22)7-15(19(17)29-5)13(3)28-11-26(4)18-20(23)24-10-25-21(18)28/h7,10-11,13-14H,6,8-9H2,1-5H3,(H2,23,24,25)/q+1. The molecule has 1 aromatic carbocycles. The van der Waals surface area contributed by atoms with E-state index in [2.05, 4.69) is 40.2 Å². The van der Waals surface area contributed by atoms with Gasteiger partial charge in [0, 0.05) is 35.2 Å². The van der Waals surface area contributed by atoms with E-state index in [4.69, 9.17) is 22.1 Å². The number of halogens is 1. The van der Waals surface area contributed by atoms with Crippen LogP contribution in [0.3, 0.4) is 0 Å². The van der Waals surface area contributed by atoms with Gasteiger partial charge < -0.3 is 15.4 Å². The molecule has 154 valence electrons. The minimum Gasteiger partial charge on any atom is -0.496 e. The Morgan fingerprint density at radius 1 is 1.38 bits per heavy atom. The van der Waals surface area contributed by atoms with Gasteiger partial charge >= 0.3 is 5.65 Å². The normalized spacial score (nSPS) is 16.2. The number of likely N-dealkylation sites (tertiary alicyclic amines) is 1. The fourth-order valence-corrected chi connectivity index (χ4v) is 4.67. The molecule has 0 saturated carbocycles. The van der Waals surface area contributed by atoms with Crippen molar-refractivity contribution in [2.24, 2.45) is 7.05 Å². The zero-order chi connectivity index (χ0) is 20.9. The lowest BCUT2D eigenvalue weighted by Gasteiger charge is -2.40. The SMILES string of the molecule is CCN1CC(c2c(C)c(Cl)cc(C(C)[n+]3cn(C)c4c(N)ncnc43)c2OC)C1. The predicted octanol–water partition coefficient (Wildman–Crippen LogP) is 2.84. The summed E-state index contributed by atoms with van der Waals surface area (Å²) in [5.41, 5.74) is 11.1. The Morgan fingerprint density at radius 2 is 2.10 bits per heavy atom. The first-order valence-corrected chi connectivity index (χ1v) is 10.3. The van der Waals surface area contributed by atoms with Gasteiger partial charge in [-0.05, 0) is 32.0 Å². The fourth-order valence-electron chi connectivity index (χ4n) is 4.45. The lowest BCUT2D eigenvalue weighted by Crippen LogP contribution is -2.45. The van der Waals surface area contributed by atoms with Crippen LogP contribution in [0.25, 0.3) is 11.2 Å². The van der Waals surface area contributed by atoms with Gasteiger partial charge in [-0.15, -0.1) is 0 Å². The van der Waals surface area contributed by atoms with Crippen molar-refractivity contribution in [3.63, 3.8) is 0 Å². The second-order valence-corrected chi connectivity index (χ2v) is 8.22. The van der Waals surface area contributed by atoms with E-state index in [9.17, 15) is 0 Å². The summed E-state index contributed by atoms with van der Waals surface area (Å²) in [7, 11) is 3.69. The molecule has 1 unspecified atom stereocenters. The number of aryl methyl sites for hydroxylation is 1. The van der Waals surface area contributed by atoms with Crippen LogP contribution in [-0.2, 0) is 7.05 Å². The molecule has 29 heavy (non-hydrogen) atoms. The van der Waals surface area contributed by atoms with Crippen LogP contribution >= 0.6 is 11.6 Å². The highest BCUT2D eigenvalue weighted by Crippen LogP contribution is 2.43. The Bertz CT molecular complexity index is 1070. The molecule has 8 heteroatoms. The van der Waals surface area contributed by atoms with Gasteiger partial charge in [0.25, 0.3) is 0 Å². The van der Waals surface area contributed by atoms with Crippen molar-refractivity contribution in [2.75, 3.05) is 32.5 Å². The van der Waals surface area contributed by atoms with Crippen molar-refractivity contribution in [3.8, 4) is 5.75 Å². The Morgan fingerprint density at radius 3 is 2.76 bits per heavy atom. The first-order valence-electron chi connectivity index (χ1n) is 9.93. The lowest BCUT2D eigenvalue weighted by molar-refractivity contribution is -0.687. The number of anilines is 1. The van der Waals surface area contributed by atoms with Gasteiger partial charge in [-0.3, -0.25) is 4.57 Å². The van der Waals surface area contributed by atoms with Crippen LogP contribution in [0.2, 0.25) is 5.02 Å². The van der Waals surface area contributed by atoms with E-state index in [1.807, 2.05) is 24.0 Å². The summed E-state index contributed by atoms with van der Waals surface area (Å²) in [4.78, 5) is 11.0.